The largest absolute Gasteiger partial charge is 0.476 e. The fraction of sp³-hybridized carbons (Fsp3) is 0.600. The molecule has 3 nitrogen and oxygen atoms in total. The summed E-state index contributed by atoms with van der Waals surface area (Å²) in [6, 6.07) is 0. The number of aliphatic hydroxyl groups is 1. The molecular weight excluding hydrogens is 166 g/mol. The maximum absolute atomic E-state index is 9.11. The van der Waals surface area contributed by atoms with Crippen LogP contribution in [-0.4, -0.2) is 23.4 Å². The van der Waals surface area contributed by atoms with Gasteiger partial charge in [-0.15, -0.1) is 0 Å². The second-order valence-electron chi connectivity index (χ2n) is 3.76. The van der Waals surface area contributed by atoms with E-state index in [1.54, 1.807) is 0 Å². The van der Waals surface area contributed by atoms with Crippen LogP contribution >= 0.6 is 0 Å². The Morgan fingerprint density at radius 3 is 2.85 bits per heavy atom. The van der Waals surface area contributed by atoms with Crippen molar-refractivity contribution in [3.8, 4) is 0 Å². The van der Waals surface area contributed by atoms with E-state index in [0.717, 1.165) is 0 Å². The molecule has 3 heteroatoms. The zero-order chi connectivity index (χ0) is 9.90. The predicted molar refractivity (Wildman–Crippen MR) is 52.1 cm³/mol. The van der Waals surface area contributed by atoms with Crippen molar-refractivity contribution >= 4 is 0 Å². The normalized spacial score (nSPS) is 27.0. The van der Waals surface area contributed by atoms with Crippen LogP contribution in [-0.2, 0) is 4.74 Å². The van der Waals surface area contributed by atoms with Crippen molar-refractivity contribution < 1.29 is 9.84 Å². The fourth-order valence-electron chi connectivity index (χ4n) is 1.13. The highest BCUT2D eigenvalue weighted by Crippen LogP contribution is 2.14. The highest BCUT2D eigenvalue weighted by atomic mass is 16.5. The summed E-state index contributed by atoms with van der Waals surface area (Å²) in [6.07, 6.45) is 5.82. The monoisotopic (exact) mass is 183 g/mol. The van der Waals surface area contributed by atoms with Crippen molar-refractivity contribution in [2.24, 2.45) is 0 Å². The molecule has 0 fully saturated rings. The topological polar surface area (TPSA) is 41.5 Å². The summed E-state index contributed by atoms with van der Waals surface area (Å²) in [7, 11) is 0. The average molecular weight is 183 g/mol. The van der Waals surface area contributed by atoms with Gasteiger partial charge in [-0.3, -0.25) is 0 Å². The van der Waals surface area contributed by atoms with Crippen molar-refractivity contribution in [2.45, 2.75) is 32.4 Å². The lowest BCUT2D eigenvalue weighted by Gasteiger charge is -2.30. The van der Waals surface area contributed by atoms with E-state index in [-0.39, 0.29) is 18.2 Å². The summed E-state index contributed by atoms with van der Waals surface area (Å²) in [5, 5.41) is 12.2. The number of dihydropyridines is 1. The number of nitrogens with one attached hydrogen (secondary N) is 1. The first-order chi connectivity index (χ1) is 6.06. The maximum atomic E-state index is 9.11. The second-order valence-corrected chi connectivity index (χ2v) is 3.76. The molecule has 1 heterocycles. The SMILES string of the molecule is CC(C)OC1=CC=CC(C)(CO)N1. The molecule has 0 aromatic carbocycles. The van der Waals surface area contributed by atoms with Gasteiger partial charge in [0.1, 0.15) is 0 Å². The van der Waals surface area contributed by atoms with Gasteiger partial charge in [0, 0.05) is 0 Å². The molecule has 1 aliphatic rings. The first kappa shape index (κ1) is 10.1. The molecule has 0 spiro atoms. The summed E-state index contributed by atoms with van der Waals surface area (Å²) in [5.74, 6) is 0.717. The van der Waals surface area contributed by atoms with E-state index in [4.69, 9.17) is 9.84 Å². The third kappa shape index (κ3) is 2.77. The quantitative estimate of drug-likeness (QED) is 0.690. The zero-order valence-corrected chi connectivity index (χ0v) is 8.37. The molecule has 0 amide bonds. The van der Waals surface area contributed by atoms with Crippen LogP contribution in [0.2, 0.25) is 0 Å². The average Bonchev–Trinajstić information content (AvgIpc) is 2.03. The van der Waals surface area contributed by atoms with Crippen molar-refractivity contribution in [3.63, 3.8) is 0 Å². The van der Waals surface area contributed by atoms with E-state index in [1.165, 1.54) is 0 Å². The van der Waals surface area contributed by atoms with Gasteiger partial charge in [-0.2, -0.15) is 0 Å². The summed E-state index contributed by atoms with van der Waals surface area (Å²) in [6.45, 7) is 5.91. The van der Waals surface area contributed by atoms with E-state index in [2.05, 4.69) is 5.32 Å². The van der Waals surface area contributed by atoms with Crippen LogP contribution in [0.25, 0.3) is 0 Å². The standard InChI is InChI=1S/C10H17NO2/c1-8(2)13-9-5-4-6-10(3,7-12)11-9/h4-6,8,11-12H,7H2,1-3H3. The van der Waals surface area contributed by atoms with Crippen LogP contribution in [0.15, 0.2) is 24.1 Å². The van der Waals surface area contributed by atoms with Crippen LogP contribution < -0.4 is 5.32 Å². The number of hydrogen-bond donors (Lipinski definition) is 2. The molecule has 0 bridgehead atoms. The Hall–Kier alpha value is -0.960. The lowest BCUT2D eigenvalue weighted by Crippen LogP contribution is -2.45. The molecular formula is C10H17NO2. The fourth-order valence-corrected chi connectivity index (χ4v) is 1.13. The van der Waals surface area contributed by atoms with Gasteiger partial charge in [0.25, 0.3) is 0 Å². The lowest BCUT2D eigenvalue weighted by molar-refractivity contribution is 0.106. The van der Waals surface area contributed by atoms with Gasteiger partial charge in [-0.05, 0) is 26.8 Å². The van der Waals surface area contributed by atoms with Gasteiger partial charge in [-0.1, -0.05) is 12.2 Å². The molecule has 13 heavy (non-hydrogen) atoms. The maximum Gasteiger partial charge on any atom is 0.187 e. The van der Waals surface area contributed by atoms with E-state index in [0.29, 0.717) is 5.88 Å². The predicted octanol–water partition coefficient (Wildman–Crippen LogP) is 1.16. The number of allylic oxidation sites excluding steroid dienone is 2. The third-order valence-corrected chi connectivity index (χ3v) is 1.81. The van der Waals surface area contributed by atoms with E-state index in [1.807, 2.05) is 39.0 Å². The van der Waals surface area contributed by atoms with Crippen LogP contribution in [0.4, 0.5) is 0 Å². The van der Waals surface area contributed by atoms with Crippen molar-refractivity contribution in [2.75, 3.05) is 6.61 Å². The molecule has 0 aromatic heterocycles. The summed E-state index contributed by atoms with van der Waals surface area (Å²) < 4.78 is 5.48. The summed E-state index contributed by atoms with van der Waals surface area (Å²) in [4.78, 5) is 0. The van der Waals surface area contributed by atoms with Crippen LogP contribution in [0.1, 0.15) is 20.8 Å². The van der Waals surface area contributed by atoms with Gasteiger partial charge in [-0.25, -0.2) is 0 Å². The smallest absolute Gasteiger partial charge is 0.187 e. The molecule has 74 valence electrons. The Kier molecular flexibility index (Phi) is 2.98. The first-order valence-electron chi connectivity index (χ1n) is 4.51. The first-order valence-corrected chi connectivity index (χ1v) is 4.51. The van der Waals surface area contributed by atoms with Crippen LogP contribution in [0, 0.1) is 0 Å². The molecule has 1 rings (SSSR count). The zero-order valence-electron chi connectivity index (χ0n) is 8.37. The van der Waals surface area contributed by atoms with Gasteiger partial charge in [0.2, 0.25) is 0 Å². The molecule has 0 radical (unpaired) electrons. The Labute approximate surface area is 79.1 Å². The van der Waals surface area contributed by atoms with Crippen LogP contribution in [0.5, 0.6) is 0 Å². The number of rotatable bonds is 3. The molecule has 0 saturated heterocycles. The molecule has 0 aliphatic carbocycles. The van der Waals surface area contributed by atoms with E-state index >= 15 is 0 Å². The summed E-state index contributed by atoms with van der Waals surface area (Å²) >= 11 is 0. The Morgan fingerprint density at radius 2 is 2.31 bits per heavy atom. The van der Waals surface area contributed by atoms with Gasteiger partial charge >= 0.3 is 0 Å². The number of aliphatic hydroxyl groups excluding tert-OH is 1. The Bertz CT molecular complexity index is 233. The molecule has 1 unspecified atom stereocenters. The third-order valence-electron chi connectivity index (χ3n) is 1.81. The molecule has 1 aliphatic heterocycles. The summed E-state index contributed by atoms with van der Waals surface area (Å²) in [5.41, 5.74) is -0.390. The van der Waals surface area contributed by atoms with Crippen LogP contribution in [0.3, 0.4) is 0 Å². The van der Waals surface area contributed by atoms with Crippen molar-refractivity contribution in [1.82, 2.24) is 5.32 Å². The van der Waals surface area contributed by atoms with Gasteiger partial charge in [0.05, 0.1) is 18.2 Å². The number of ether oxygens (including phenoxy) is 1. The molecule has 2 N–H and O–H groups in total. The minimum absolute atomic E-state index is 0.0578. The number of hydrogen-bond acceptors (Lipinski definition) is 3. The highest BCUT2D eigenvalue weighted by molar-refractivity contribution is 5.21. The Balaban J connectivity index is 2.61. The minimum atomic E-state index is -0.390. The van der Waals surface area contributed by atoms with Crippen molar-refractivity contribution in [3.05, 3.63) is 24.1 Å². The van der Waals surface area contributed by atoms with Gasteiger partial charge < -0.3 is 15.2 Å². The minimum Gasteiger partial charge on any atom is -0.476 e. The second kappa shape index (κ2) is 3.83. The van der Waals surface area contributed by atoms with E-state index in [9.17, 15) is 0 Å². The van der Waals surface area contributed by atoms with E-state index < -0.39 is 0 Å². The Morgan fingerprint density at radius 1 is 1.62 bits per heavy atom. The molecule has 0 aromatic rings. The van der Waals surface area contributed by atoms with Crippen molar-refractivity contribution in [1.29, 1.82) is 0 Å². The molecule has 0 saturated carbocycles. The van der Waals surface area contributed by atoms with Gasteiger partial charge in [0.15, 0.2) is 5.88 Å². The molecule has 1 atom stereocenters. The lowest BCUT2D eigenvalue weighted by atomic mass is 10.0. The highest BCUT2D eigenvalue weighted by Gasteiger charge is 2.23.